The quantitative estimate of drug-likeness (QED) is 0.410. The summed E-state index contributed by atoms with van der Waals surface area (Å²) in [6, 6.07) is 0. The minimum absolute atomic E-state index is 0.00757. The molecule has 0 spiro atoms. The molecule has 0 radical (unpaired) electrons. The lowest BCUT2D eigenvalue weighted by Crippen LogP contribution is -2.24. The predicted molar refractivity (Wildman–Crippen MR) is 58.2 cm³/mol. The molecule has 2 aliphatic rings. The molecule has 88 valence electrons. The monoisotopic (exact) mass is 234 g/mol. The number of hydrogen-bond donors (Lipinski definition) is 1. The Bertz CT molecular complexity index is 538. The molecule has 1 heterocycles. The zero-order chi connectivity index (χ0) is 12.8. The standard InChI is InChI=1S/C11H10N2O4/c1-11(2)4-3-6-8(7(5-11)13(16)17)12-10(15)9(6)14/h3-5H,1-2H3,(H,12,14,15). The van der Waals surface area contributed by atoms with Crippen LogP contribution in [0.25, 0.3) is 0 Å². The lowest BCUT2D eigenvalue weighted by Gasteiger charge is -2.12. The zero-order valence-electron chi connectivity index (χ0n) is 9.31. The number of nitrogens with one attached hydrogen (secondary N) is 1. The molecule has 6 nitrogen and oxygen atoms in total. The second-order valence-corrected chi connectivity index (χ2v) is 4.51. The molecule has 0 atom stereocenters. The van der Waals surface area contributed by atoms with Crippen LogP contribution in [0.15, 0.2) is 35.2 Å². The lowest BCUT2D eigenvalue weighted by atomic mass is 9.92. The Morgan fingerprint density at radius 1 is 1.35 bits per heavy atom. The Hall–Kier alpha value is -2.24. The number of Topliss-reactive ketones (excluding diaryl/α,β-unsaturated/α-hetero) is 1. The van der Waals surface area contributed by atoms with E-state index >= 15 is 0 Å². The molecule has 2 rings (SSSR count). The van der Waals surface area contributed by atoms with Crippen molar-refractivity contribution in [2.45, 2.75) is 13.8 Å². The van der Waals surface area contributed by atoms with Crippen LogP contribution in [-0.2, 0) is 9.59 Å². The highest BCUT2D eigenvalue weighted by molar-refractivity contribution is 6.46. The molecule has 0 aromatic carbocycles. The molecule has 1 amide bonds. The van der Waals surface area contributed by atoms with Gasteiger partial charge < -0.3 is 5.32 Å². The first-order valence-electron chi connectivity index (χ1n) is 4.99. The topological polar surface area (TPSA) is 89.3 Å². The van der Waals surface area contributed by atoms with Gasteiger partial charge in [-0.2, -0.15) is 0 Å². The zero-order valence-corrected chi connectivity index (χ0v) is 9.31. The number of nitrogens with zero attached hydrogens (tertiary/aromatic N) is 1. The summed E-state index contributed by atoms with van der Waals surface area (Å²) in [5.41, 5.74) is -0.734. The fourth-order valence-electron chi connectivity index (χ4n) is 1.75. The Labute approximate surface area is 96.8 Å². The first kappa shape index (κ1) is 11.3. The van der Waals surface area contributed by atoms with E-state index < -0.39 is 22.0 Å². The van der Waals surface area contributed by atoms with Gasteiger partial charge in [0.25, 0.3) is 17.4 Å². The van der Waals surface area contributed by atoms with Gasteiger partial charge in [0.05, 0.1) is 10.5 Å². The Morgan fingerprint density at radius 3 is 2.59 bits per heavy atom. The van der Waals surface area contributed by atoms with Crippen molar-refractivity contribution in [3.63, 3.8) is 0 Å². The van der Waals surface area contributed by atoms with E-state index in [1.807, 2.05) is 0 Å². The molecule has 17 heavy (non-hydrogen) atoms. The van der Waals surface area contributed by atoms with Crippen LogP contribution in [0.3, 0.4) is 0 Å². The first-order chi connectivity index (χ1) is 7.82. The van der Waals surface area contributed by atoms with Gasteiger partial charge >= 0.3 is 0 Å². The smallest absolute Gasteiger partial charge is 0.297 e. The van der Waals surface area contributed by atoms with Crippen LogP contribution in [0.4, 0.5) is 0 Å². The SMILES string of the molecule is CC1(C)C=CC2=C(NC(=O)C2=O)C([N+](=O)[O-])=C1. The van der Waals surface area contributed by atoms with Gasteiger partial charge in [0, 0.05) is 11.5 Å². The van der Waals surface area contributed by atoms with Crippen LogP contribution >= 0.6 is 0 Å². The normalized spacial score (nSPS) is 21.9. The first-order valence-corrected chi connectivity index (χ1v) is 4.99. The predicted octanol–water partition coefficient (Wildman–Crippen LogP) is 0.696. The van der Waals surface area contributed by atoms with Crippen molar-refractivity contribution in [3.8, 4) is 0 Å². The van der Waals surface area contributed by atoms with E-state index in [0.29, 0.717) is 0 Å². The molecular formula is C11H10N2O4. The third kappa shape index (κ3) is 1.77. The van der Waals surface area contributed by atoms with E-state index in [9.17, 15) is 19.7 Å². The van der Waals surface area contributed by atoms with Gasteiger partial charge in [-0.25, -0.2) is 0 Å². The highest BCUT2D eigenvalue weighted by Crippen LogP contribution is 2.31. The average molecular weight is 234 g/mol. The van der Waals surface area contributed by atoms with Crippen molar-refractivity contribution in [2.75, 3.05) is 0 Å². The van der Waals surface area contributed by atoms with Gasteiger partial charge in [0.15, 0.2) is 0 Å². The largest absolute Gasteiger partial charge is 0.313 e. The lowest BCUT2D eigenvalue weighted by molar-refractivity contribution is -0.421. The van der Waals surface area contributed by atoms with Gasteiger partial charge in [0.1, 0.15) is 5.70 Å². The summed E-state index contributed by atoms with van der Waals surface area (Å²) >= 11 is 0. The van der Waals surface area contributed by atoms with Gasteiger partial charge in [-0.05, 0) is 0 Å². The minimum atomic E-state index is -0.827. The Balaban J connectivity index is 2.63. The van der Waals surface area contributed by atoms with Crippen LogP contribution in [0.2, 0.25) is 0 Å². The molecule has 1 aliphatic carbocycles. The van der Waals surface area contributed by atoms with E-state index in [1.54, 1.807) is 19.9 Å². The average Bonchev–Trinajstić information content (AvgIpc) is 2.40. The number of hydrogen-bond acceptors (Lipinski definition) is 4. The van der Waals surface area contributed by atoms with Crippen molar-refractivity contribution in [3.05, 3.63) is 45.3 Å². The summed E-state index contributed by atoms with van der Waals surface area (Å²) in [6.07, 6.45) is 4.55. The van der Waals surface area contributed by atoms with Gasteiger partial charge in [-0.1, -0.05) is 26.0 Å². The van der Waals surface area contributed by atoms with E-state index in [4.69, 9.17) is 0 Å². The van der Waals surface area contributed by atoms with Gasteiger partial charge in [0.2, 0.25) is 0 Å². The maximum Gasteiger partial charge on any atom is 0.297 e. The molecule has 0 saturated heterocycles. The number of amides is 1. The van der Waals surface area contributed by atoms with Crippen LogP contribution in [0.5, 0.6) is 0 Å². The summed E-state index contributed by atoms with van der Waals surface area (Å²) < 4.78 is 0. The summed E-state index contributed by atoms with van der Waals surface area (Å²) in [5.74, 6) is -1.56. The van der Waals surface area contributed by atoms with E-state index in [-0.39, 0.29) is 17.0 Å². The molecule has 0 aromatic heterocycles. The molecule has 0 bridgehead atoms. The number of rotatable bonds is 1. The van der Waals surface area contributed by atoms with Gasteiger partial charge in [-0.15, -0.1) is 0 Å². The third-order valence-electron chi connectivity index (χ3n) is 2.60. The van der Waals surface area contributed by atoms with Crippen molar-refractivity contribution in [1.82, 2.24) is 5.32 Å². The van der Waals surface area contributed by atoms with E-state index in [2.05, 4.69) is 5.32 Å². The van der Waals surface area contributed by atoms with Crippen LogP contribution in [0.1, 0.15) is 13.8 Å². The van der Waals surface area contributed by atoms with Crippen molar-refractivity contribution in [1.29, 1.82) is 0 Å². The summed E-state index contributed by atoms with van der Waals surface area (Å²) in [7, 11) is 0. The number of ketones is 1. The molecule has 0 unspecified atom stereocenters. The fraction of sp³-hybridized carbons (Fsp3) is 0.273. The van der Waals surface area contributed by atoms with Crippen molar-refractivity contribution < 1.29 is 14.5 Å². The summed E-state index contributed by atoms with van der Waals surface area (Å²) in [6.45, 7) is 3.56. The Morgan fingerprint density at radius 2 is 2.00 bits per heavy atom. The van der Waals surface area contributed by atoms with Crippen LogP contribution in [0, 0.1) is 15.5 Å². The highest BCUT2D eigenvalue weighted by atomic mass is 16.6. The molecule has 6 heteroatoms. The second kappa shape index (κ2) is 3.38. The molecular weight excluding hydrogens is 224 g/mol. The second-order valence-electron chi connectivity index (χ2n) is 4.51. The number of nitro groups is 1. The molecule has 1 aliphatic heterocycles. The summed E-state index contributed by atoms with van der Waals surface area (Å²) in [5, 5.41) is 13.2. The maximum atomic E-state index is 11.5. The number of carbonyl (C=O) groups excluding carboxylic acids is 2. The molecule has 1 N–H and O–H groups in total. The van der Waals surface area contributed by atoms with E-state index in [1.165, 1.54) is 12.2 Å². The van der Waals surface area contributed by atoms with Crippen LogP contribution in [-0.4, -0.2) is 16.6 Å². The number of allylic oxidation sites excluding steroid dienone is 3. The molecule has 0 fully saturated rings. The van der Waals surface area contributed by atoms with Gasteiger partial charge in [-0.3, -0.25) is 19.7 Å². The summed E-state index contributed by atoms with van der Waals surface area (Å²) in [4.78, 5) is 33.1. The van der Waals surface area contributed by atoms with Crippen LogP contribution < -0.4 is 5.32 Å². The van der Waals surface area contributed by atoms with Crippen molar-refractivity contribution in [2.24, 2.45) is 5.41 Å². The number of carbonyl (C=O) groups is 2. The third-order valence-corrected chi connectivity index (χ3v) is 2.60. The molecule has 0 aromatic rings. The highest BCUT2D eigenvalue weighted by Gasteiger charge is 2.38. The van der Waals surface area contributed by atoms with E-state index in [0.717, 1.165) is 0 Å². The Kier molecular flexibility index (Phi) is 2.23. The minimum Gasteiger partial charge on any atom is -0.313 e. The molecule has 0 saturated carbocycles. The van der Waals surface area contributed by atoms with Crippen molar-refractivity contribution >= 4 is 11.7 Å². The fourth-order valence-corrected chi connectivity index (χ4v) is 1.75. The maximum absolute atomic E-state index is 11.5.